The third kappa shape index (κ3) is 2.17. The number of nitrogens with one attached hydrogen (secondary N) is 2. The third-order valence-corrected chi connectivity index (χ3v) is 1.75. The van der Waals surface area contributed by atoms with Crippen LogP contribution in [0.4, 0.5) is 0 Å². The van der Waals surface area contributed by atoms with Crippen molar-refractivity contribution in [2.45, 2.75) is 6.92 Å². The molecule has 0 spiro atoms. The molecule has 0 atom stereocenters. The first-order valence-electron chi connectivity index (χ1n) is 4.03. The molecule has 2 heteroatoms. The Balaban J connectivity index is 2.75. The molecular weight excluding hydrogens is 148 g/mol. The van der Waals surface area contributed by atoms with E-state index in [-0.39, 0.29) is 0 Å². The van der Waals surface area contributed by atoms with E-state index in [0.717, 1.165) is 5.56 Å². The van der Waals surface area contributed by atoms with Crippen molar-refractivity contribution in [3.05, 3.63) is 35.4 Å². The Morgan fingerprint density at radius 2 is 1.92 bits per heavy atom. The summed E-state index contributed by atoms with van der Waals surface area (Å²) in [6.07, 6.45) is 0. The molecule has 2 nitrogen and oxygen atoms in total. The topological polar surface area (TPSA) is 35.9 Å². The van der Waals surface area contributed by atoms with Crippen LogP contribution in [0.3, 0.4) is 0 Å². The molecule has 0 radical (unpaired) electrons. The number of benzene rings is 1. The maximum absolute atomic E-state index is 7.64. The summed E-state index contributed by atoms with van der Waals surface area (Å²) in [6, 6.07) is 8.02. The first kappa shape index (κ1) is 8.94. The Morgan fingerprint density at radius 1 is 1.33 bits per heavy atom. The fourth-order valence-corrected chi connectivity index (χ4v) is 1.03. The molecule has 0 unspecified atom stereocenters. The van der Waals surface area contributed by atoms with Crippen LogP contribution < -0.4 is 5.32 Å². The fourth-order valence-electron chi connectivity index (χ4n) is 1.03. The van der Waals surface area contributed by atoms with Crippen LogP contribution in [0.5, 0.6) is 0 Å². The Labute approximate surface area is 73.1 Å². The molecular formula is C10H14N2. The number of hydrogen-bond acceptors (Lipinski definition) is 2. The highest BCUT2D eigenvalue weighted by molar-refractivity contribution is 5.99. The molecule has 2 N–H and O–H groups in total. The molecule has 0 saturated carbocycles. The second-order valence-corrected chi connectivity index (χ2v) is 2.87. The summed E-state index contributed by atoms with van der Waals surface area (Å²) in [5.41, 5.74) is 2.86. The molecule has 64 valence electrons. The second-order valence-electron chi connectivity index (χ2n) is 2.87. The van der Waals surface area contributed by atoms with Crippen LogP contribution in [0.15, 0.2) is 24.3 Å². The molecule has 12 heavy (non-hydrogen) atoms. The minimum Gasteiger partial charge on any atom is -0.314 e. The largest absolute Gasteiger partial charge is 0.314 e. The standard InChI is InChI=1S/C10H14N2/c1-8-3-5-9(6-4-8)10(11)7-12-2/h3-6,11-12H,7H2,1-2H3. The van der Waals surface area contributed by atoms with Crippen LogP contribution in [-0.4, -0.2) is 19.3 Å². The van der Waals surface area contributed by atoms with Gasteiger partial charge in [-0.25, -0.2) is 0 Å². The van der Waals surface area contributed by atoms with Crippen LogP contribution in [0.25, 0.3) is 0 Å². The van der Waals surface area contributed by atoms with Gasteiger partial charge in [0, 0.05) is 6.54 Å². The average Bonchev–Trinajstić information content (AvgIpc) is 2.06. The van der Waals surface area contributed by atoms with E-state index < -0.39 is 0 Å². The Bertz CT molecular complexity index is 262. The smallest absolute Gasteiger partial charge is 0.0524 e. The minimum absolute atomic E-state index is 0.628. The van der Waals surface area contributed by atoms with E-state index in [1.54, 1.807) is 0 Å². The van der Waals surface area contributed by atoms with Crippen molar-refractivity contribution in [2.75, 3.05) is 13.6 Å². The van der Waals surface area contributed by atoms with Gasteiger partial charge >= 0.3 is 0 Å². The minimum atomic E-state index is 0.628. The Kier molecular flexibility index (Phi) is 3.00. The summed E-state index contributed by atoms with van der Waals surface area (Å²) in [7, 11) is 1.85. The van der Waals surface area contributed by atoms with Gasteiger partial charge in [0.1, 0.15) is 0 Å². The molecule has 0 bridgehead atoms. The van der Waals surface area contributed by atoms with Gasteiger partial charge in [-0.1, -0.05) is 29.8 Å². The maximum atomic E-state index is 7.64. The van der Waals surface area contributed by atoms with Crippen molar-refractivity contribution in [1.29, 1.82) is 5.41 Å². The van der Waals surface area contributed by atoms with E-state index in [1.807, 2.05) is 38.2 Å². The first-order valence-corrected chi connectivity index (χ1v) is 4.03. The van der Waals surface area contributed by atoms with Crippen molar-refractivity contribution >= 4 is 5.71 Å². The highest BCUT2D eigenvalue weighted by Crippen LogP contribution is 2.02. The summed E-state index contributed by atoms with van der Waals surface area (Å²) < 4.78 is 0. The van der Waals surface area contributed by atoms with Gasteiger partial charge < -0.3 is 10.7 Å². The van der Waals surface area contributed by atoms with Crippen LogP contribution in [0, 0.1) is 12.3 Å². The van der Waals surface area contributed by atoms with Crippen molar-refractivity contribution in [1.82, 2.24) is 5.32 Å². The molecule has 1 rings (SSSR count). The highest BCUT2D eigenvalue weighted by Gasteiger charge is 1.97. The lowest BCUT2D eigenvalue weighted by atomic mass is 10.1. The molecule has 0 aliphatic rings. The van der Waals surface area contributed by atoms with Gasteiger partial charge in [-0.05, 0) is 19.5 Å². The zero-order valence-corrected chi connectivity index (χ0v) is 7.52. The molecule has 0 amide bonds. The molecule has 0 heterocycles. The molecule has 1 aromatic carbocycles. The van der Waals surface area contributed by atoms with Gasteiger partial charge in [0.25, 0.3) is 0 Å². The van der Waals surface area contributed by atoms with E-state index in [4.69, 9.17) is 5.41 Å². The summed E-state index contributed by atoms with van der Waals surface area (Å²) in [6.45, 7) is 2.68. The van der Waals surface area contributed by atoms with Gasteiger partial charge in [-0.15, -0.1) is 0 Å². The normalized spacial score (nSPS) is 9.83. The monoisotopic (exact) mass is 162 g/mol. The van der Waals surface area contributed by atoms with Gasteiger partial charge in [-0.3, -0.25) is 0 Å². The summed E-state index contributed by atoms with van der Waals surface area (Å²) in [5, 5.41) is 10.6. The van der Waals surface area contributed by atoms with Gasteiger partial charge in [0.2, 0.25) is 0 Å². The summed E-state index contributed by atoms with van der Waals surface area (Å²) in [4.78, 5) is 0. The number of hydrogen-bond donors (Lipinski definition) is 2. The lowest BCUT2D eigenvalue weighted by Gasteiger charge is -2.02. The lowest BCUT2D eigenvalue weighted by molar-refractivity contribution is 0.942. The maximum Gasteiger partial charge on any atom is 0.0524 e. The Hall–Kier alpha value is -1.15. The molecule has 0 aliphatic carbocycles. The third-order valence-electron chi connectivity index (χ3n) is 1.75. The number of likely N-dealkylation sites (N-methyl/N-ethyl adjacent to an activating group) is 1. The average molecular weight is 162 g/mol. The zero-order chi connectivity index (χ0) is 8.97. The van der Waals surface area contributed by atoms with Crippen LogP contribution in [-0.2, 0) is 0 Å². The second kappa shape index (κ2) is 4.02. The fraction of sp³-hybridized carbons (Fsp3) is 0.300. The van der Waals surface area contributed by atoms with Crippen molar-refractivity contribution < 1.29 is 0 Å². The predicted molar refractivity (Wildman–Crippen MR) is 51.9 cm³/mol. The highest BCUT2D eigenvalue weighted by atomic mass is 14.8. The van der Waals surface area contributed by atoms with Gasteiger partial charge in [0.15, 0.2) is 0 Å². The zero-order valence-electron chi connectivity index (χ0n) is 7.52. The number of aryl methyl sites for hydroxylation is 1. The quantitative estimate of drug-likeness (QED) is 0.650. The Morgan fingerprint density at radius 3 is 2.42 bits per heavy atom. The van der Waals surface area contributed by atoms with Crippen LogP contribution >= 0.6 is 0 Å². The van der Waals surface area contributed by atoms with Crippen LogP contribution in [0.1, 0.15) is 11.1 Å². The van der Waals surface area contributed by atoms with E-state index in [2.05, 4.69) is 5.32 Å². The molecule has 0 aliphatic heterocycles. The molecule has 0 fully saturated rings. The van der Waals surface area contributed by atoms with E-state index in [1.165, 1.54) is 5.56 Å². The summed E-state index contributed by atoms with van der Waals surface area (Å²) in [5.74, 6) is 0. The molecule has 0 saturated heterocycles. The van der Waals surface area contributed by atoms with Crippen molar-refractivity contribution in [3.63, 3.8) is 0 Å². The van der Waals surface area contributed by atoms with Crippen molar-refractivity contribution in [3.8, 4) is 0 Å². The first-order chi connectivity index (χ1) is 5.74. The molecule has 1 aromatic rings. The summed E-state index contributed by atoms with van der Waals surface area (Å²) >= 11 is 0. The van der Waals surface area contributed by atoms with E-state index in [9.17, 15) is 0 Å². The molecule has 0 aromatic heterocycles. The van der Waals surface area contributed by atoms with Gasteiger partial charge in [-0.2, -0.15) is 0 Å². The van der Waals surface area contributed by atoms with E-state index >= 15 is 0 Å². The van der Waals surface area contributed by atoms with Crippen molar-refractivity contribution in [2.24, 2.45) is 0 Å². The SMILES string of the molecule is CNCC(=N)c1ccc(C)cc1. The predicted octanol–water partition coefficient (Wildman–Crippen LogP) is 1.58. The van der Waals surface area contributed by atoms with Crippen LogP contribution in [0.2, 0.25) is 0 Å². The number of rotatable bonds is 3. The van der Waals surface area contributed by atoms with Gasteiger partial charge in [0.05, 0.1) is 5.71 Å². The lowest BCUT2D eigenvalue weighted by Crippen LogP contribution is -2.18. The van der Waals surface area contributed by atoms with E-state index in [0.29, 0.717) is 12.3 Å².